The van der Waals surface area contributed by atoms with Gasteiger partial charge in [0.2, 0.25) is 0 Å². The van der Waals surface area contributed by atoms with Gasteiger partial charge in [0.1, 0.15) is 5.60 Å². The maximum Gasteiger partial charge on any atom is 0.352 e. The van der Waals surface area contributed by atoms with Gasteiger partial charge in [-0.15, -0.1) is 0 Å². The molecule has 0 amide bonds. The van der Waals surface area contributed by atoms with Crippen LogP contribution in [0.3, 0.4) is 0 Å². The second kappa shape index (κ2) is 5.54. The van der Waals surface area contributed by atoms with Crippen LogP contribution in [-0.2, 0) is 19.6 Å². The van der Waals surface area contributed by atoms with Crippen LogP contribution in [0.15, 0.2) is 35.2 Å². The van der Waals surface area contributed by atoms with E-state index in [0.717, 1.165) is 6.08 Å². The Balaban J connectivity index is 3.18. The van der Waals surface area contributed by atoms with E-state index in [0.29, 0.717) is 5.56 Å². The topological polar surface area (TPSA) is 80.7 Å². The fraction of sp³-hybridized carbons (Fsp3) is 0.308. The van der Waals surface area contributed by atoms with Crippen LogP contribution >= 0.6 is 0 Å². The monoisotopic (exact) mass is 284 g/mol. The number of carbonyl (C=O) groups excluding carboxylic acids is 1. The van der Waals surface area contributed by atoms with Crippen molar-refractivity contribution in [2.45, 2.75) is 26.4 Å². The lowest BCUT2D eigenvalue weighted by Gasteiger charge is -2.19. The fourth-order valence-electron chi connectivity index (χ4n) is 1.27. The number of hydrogen-bond acceptors (Lipinski definition) is 4. The molecule has 1 aromatic rings. The van der Waals surface area contributed by atoms with Crippen molar-refractivity contribution >= 4 is 22.2 Å². The third kappa shape index (κ3) is 5.23. The van der Waals surface area contributed by atoms with Crippen molar-refractivity contribution in [2.75, 3.05) is 0 Å². The molecule has 0 radical (unpaired) electrons. The summed E-state index contributed by atoms with van der Waals surface area (Å²) in [5.41, 5.74) is -0.377. The smallest absolute Gasteiger partial charge is 0.352 e. The van der Waals surface area contributed by atoms with E-state index in [4.69, 9.17) is 9.29 Å². The van der Waals surface area contributed by atoms with E-state index in [1.807, 2.05) is 0 Å². The Morgan fingerprint density at radius 3 is 2.16 bits per heavy atom. The number of rotatable bonds is 3. The molecule has 0 heterocycles. The lowest BCUT2D eigenvalue weighted by atomic mass is 10.2. The summed E-state index contributed by atoms with van der Waals surface area (Å²) in [6, 6.07) is 8.33. The van der Waals surface area contributed by atoms with E-state index in [-0.39, 0.29) is 0 Å². The lowest BCUT2D eigenvalue weighted by Crippen LogP contribution is -2.27. The van der Waals surface area contributed by atoms with E-state index in [2.05, 4.69) is 0 Å². The van der Waals surface area contributed by atoms with Crippen molar-refractivity contribution in [2.24, 2.45) is 0 Å². The SMILES string of the molecule is CC(C)(C)OC(=O)C(=Cc1ccccc1)S(=O)(=O)O. The molecule has 0 aliphatic heterocycles. The molecule has 1 aromatic carbocycles. The van der Waals surface area contributed by atoms with Crippen molar-refractivity contribution in [3.63, 3.8) is 0 Å². The van der Waals surface area contributed by atoms with Gasteiger partial charge in [0.05, 0.1) is 0 Å². The zero-order valence-electron chi connectivity index (χ0n) is 11.0. The van der Waals surface area contributed by atoms with Crippen LogP contribution in [0.2, 0.25) is 0 Å². The fourth-order valence-corrected chi connectivity index (χ4v) is 1.81. The first kappa shape index (κ1) is 15.4. The second-order valence-electron chi connectivity index (χ2n) is 4.90. The summed E-state index contributed by atoms with van der Waals surface area (Å²) in [5, 5.41) is 0. The Hall–Kier alpha value is -1.66. The average molecular weight is 284 g/mol. The maximum atomic E-state index is 11.8. The molecular formula is C13H16O5S. The molecule has 0 bridgehead atoms. The molecule has 6 heteroatoms. The minimum atomic E-state index is -4.65. The predicted molar refractivity (Wildman–Crippen MR) is 71.8 cm³/mol. The molecule has 19 heavy (non-hydrogen) atoms. The van der Waals surface area contributed by atoms with Crippen molar-refractivity contribution in [1.82, 2.24) is 0 Å². The van der Waals surface area contributed by atoms with E-state index in [1.165, 1.54) is 0 Å². The van der Waals surface area contributed by atoms with E-state index in [1.54, 1.807) is 51.1 Å². The zero-order chi connectivity index (χ0) is 14.7. The second-order valence-corrected chi connectivity index (χ2v) is 6.29. The molecule has 0 saturated carbocycles. The molecule has 104 valence electrons. The Labute approximate surface area is 112 Å². The third-order valence-electron chi connectivity index (χ3n) is 1.98. The summed E-state index contributed by atoms with van der Waals surface area (Å²) in [5.74, 6) is -1.08. The number of carbonyl (C=O) groups is 1. The van der Waals surface area contributed by atoms with Crippen molar-refractivity contribution in [3.8, 4) is 0 Å². The Morgan fingerprint density at radius 1 is 1.21 bits per heavy atom. The number of benzene rings is 1. The van der Waals surface area contributed by atoms with E-state index >= 15 is 0 Å². The van der Waals surface area contributed by atoms with Crippen molar-refractivity contribution in [3.05, 3.63) is 40.8 Å². The maximum absolute atomic E-state index is 11.8. The molecule has 5 nitrogen and oxygen atoms in total. The highest BCUT2D eigenvalue weighted by Gasteiger charge is 2.28. The first-order chi connectivity index (χ1) is 8.59. The summed E-state index contributed by atoms with van der Waals surface area (Å²) in [7, 11) is -4.65. The van der Waals surface area contributed by atoms with Gasteiger partial charge in [-0.05, 0) is 32.4 Å². The van der Waals surface area contributed by atoms with Crippen molar-refractivity contribution < 1.29 is 22.5 Å². The van der Waals surface area contributed by atoms with Gasteiger partial charge in [0.25, 0.3) is 0 Å². The normalized spacial score (nSPS) is 13.2. The van der Waals surface area contributed by atoms with Gasteiger partial charge in [-0.2, -0.15) is 8.42 Å². The third-order valence-corrected chi connectivity index (χ3v) is 2.82. The molecule has 0 saturated heterocycles. The van der Waals surface area contributed by atoms with Crippen LogP contribution in [0.4, 0.5) is 0 Å². The average Bonchev–Trinajstić information content (AvgIpc) is 2.23. The van der Waals surface area contributed by atoms with Crippen LogP contribution in [0.1, 0.15) is 26.3 Å². The van der Waals surface area contributed by atoms with Crippen LogP contribution < -0.4 is 0 Å². The summed E-state index contributed by atoms with van der Waals surface area (Å²) >= 11 is 0. The Kier molecular flexibility index (Phi) is 4.49. The van der Waals surface area contributed by atoms with Gasteiger partial charge in [-0.25, -0.2) is 4.79 Å². The summed E-state index contributed by atoms with van der Waals surface area (Å²) in [4.78, 5) is 11.0. The molecule has 1 N–H and O–H groups in total. The summed E-state index contributed by atoms with van der Waals surface area (Å²) in [6.45, 7) is 4.82. The summed E-state index contributed by atoms with van der Waals surface area (Å²) < 4.78 is 36.6. The van der Waals surface area contributed by atoms with Crippen molar-refractivity contribution in [1.29, 1.82) is 0 Å². The largest absolute Gasteiger partial charge is 0.456 e. The summed E-state index contributed by atoms with van der Waals surface area (Å²) in [6.07, 6.45) is 1.07. The number of hydrogen-bond donors (Lipinski definition) is 1. The molecular weight excluding hydrogens is 268 g/mol. The van der Waals surface area contributed by atoms with E-state index < -0.39 is 26.6 Å². The molecule has 0 unspecified atom stereocenters. The highest BCUT2D eigenvalue weighted by molar-refractivity contribution is 7.91. The standard InChI is InChI=1S/C13H16O5S/c1-13(2,3)18-12(14)11(19(15,16)17)9-10-7-5-4-6-8-10/h4-9H,1-3H3,(H,15,16,17). The zero-order valence-corrected chi connectivity index (χ0v) is 11.8. The molecule has 0 atom stereocenters. The van der Waals surface area contributed by atoms with Crippen LogP contribution in [0.5, 0.6) is 0 Å². The molecule has 0 aromatic heterocycles. The predicted octanol–water partition coefficient (Wildman–Crippen LogP) is 2.26. The molecule has 0 spiro atoms. The van der Waals surface area contributed by atoms with Gasteiger partial charge in [0, 0.05) is 0 Å². The number of esters is 1. The van der Waals surface area contributed by atoms with Gasteiger partial charge >= 0.3 is 16.1 Å². The van der Waals surface area contributed by atoms with Crippen LogP contribution in [0.25, 0.3) is 6.08 Å². The van der Waals surface area contributed by atoms with Gasteiger partial charge < -0.3 is 4.74 Å². The lowest BCUT2D eigenvalue weighted by molar-refractivity contribution is -0.148. The highest BCUT2D eigenvalue weighted by atomic mass is 32.2. The van der Waals surface area contributed by atoms with Gasteiger partial charge in [-0.1, -0.05) is 30.3 Å². The minimum absolute atomic E-state index is 0.473. The molecule has 0 aliphatic rings. The molecule has 1 rings (SSSR count). The van der Waals surface area contributed by atoms with Crippen LogP contribution in [0, 0.1) is 0 Å². The van der Waals surface area contributed by atoms with Gasteiger partial charge in [-0.3, -0.25) is 4.55 Å². The highest BCUT2D eigenvalue weighted by Crippen LogP contribution is 2.17. The quantitative estimate of drug-likeness (QED) is 0.523. The Morgan fingerprint density at radius 2 is 1.74 bits per heavy atom. The first-order valence-electron chi connectivity index (χ1n) is 5.57. The first-order valence-corrected chi connectivity index (χ1v) is 7.01. The molecule has 0 aliphatic carbocycles. The van der Waals surface area contributed by atoms with Gasteiger partial charge in [0.15, 0.2) is 4.91 Å². The van der Waals surface area contributed by atoms with E-state index in [9.17, 15) is 13.2 Å². The Bertz CT molecular complexity index is 579. The minimum Gasteiger partial charge on any atom is -0.456 e. The molecule has 0 fully saturated rings. The number of ether oxygens (including phenoxy) is 1. The van der Waals surface area contributed by atoms with Crippen LogP contribution in [-0.4, -0.2) is 24.5 Å².